The molecular formula is C12H20N4O. The van der Waals surface area contributed by atoms with Crippen LogP contribution in [0.3, 0.4) is 0 Å². The summed E-state index contributed by atoms with van der Waals surface area (Å²) in [6.45, 7) is 5.00. The number of hydrogen-bond acceptors (Lipinski definition) is 3. The Bertz CT molecular complexity index is 363. The lowest BCUT2D eigenvalue weighted by atomic mass is 10.1. The molecule has 17 heavy (non-hydrogen) atoms. The molecule has 0 radical (unpaired) electrons. The third kappa shape index (κ3) is 2.66. The van der Waals surface area contributed by atoms with E-state index in [4.69, 9.17) is 0 Å². The smallest absolute Gasteiger partial charge is 0.257 e. The van der Waals surface area contributed by atoms with E-state index in [1.165, 1.54) is 0 Å². The van der Waals surface area contributed by atoms with E-state index >= 15 is 0 Å². The van der Waals surface area contributed by atoms with Crippen molar-refractivity contribution in [1.82, 2.24) is 20.0 Å². The largest absolute Gasteiger partial charge is 0.334 e. The van der Waals surface area contributed by atoms with Gasteiger partial charge in [0.05, 0.1) is 11.8 Å². The molecule has 1 aliphatic heterocycles. The number of hydrogen-bond donors (Lipinski definition) is 1. The summed E-state index contributed by atoms with van der Waals surface area (Å²) in [5.41, 5.74) is 0.660. The van der Waals surface area contributed by atoms with Crippen LogP contribution in [0.25, 0.3) is 0 Å². The summed E-state index contributed by atoms with van der Waals surface area (Å²) in [6, 6.07) is 0.310. The Morgan fingerprint density at radius 1 is 1.59 bits per heavy atom. The van der Waals surface area contributed by atoms with E-state index in [0.717, 1.165) is 32.5 Å². The number of aromatic nitrogens is 2. The first kappa shape index (κ1) is 12.1. The van der Waals surface area contributed by atoms with Gasteiger partial charge in [-0.3, -0.25) is 9.89 Å². The molecule has 2 rings (SSSR count). The highest BCUT2D eigenvalue weighted by molar-refractivity contribution is 5.93. The van der Waals surface area contributed by atoms with Crippen molar-refractivity contribution in [2.75, 3.05) is 26.7 Å². The molecule has 1 aliphatic rings. The molecule has 5 nitrogen and oxygen atoms in total. The maximum Gasteiger partial charge on any atom is 0.257 e. The minimum atomic E-state index is 0.0981. The molecule has 0 aromatic carbocycles. The van der Waals surface area contributed by atoms with Crippen LogP contribution in [-0.4, -0.2) is 58.6 Å². The van der Waals surface area contributed by atoms with Crippen molar-refractivity contribution in [2.24, 2.45) is 0 Å². The third-order valence-corrected chi connectivity index (χ3v) is 3.38. The number of rotatable bonds is 2. The molecule has 0 spiro atoms. The molecule has 94 valence electrons. The molecule has 1 unspecified atom stereocenters. The van der Waals surface area contributed by atoms with Gasteiger partial charge in [-0.15, -0.1) is 0 Å². The van der Waals surface area contributed by atoms with Gasteiger partial charge in [0.1, 0.15) is 0 Å². The molecule has 1 atom stereocenters. The van der Waals surface area contributed by atoms with Gasteiger partial charge in [0.2, 0.25) is 0 Å². The molecule has 1 aromatic heterocycles. The van der Waals surface area contributed by atoms with E-state index in [1.807, 2.05) is 4.90 Å². The maximum absolute atomic E-state index is 12.3. The number of likely N-dealkylation sites (N-methyl/N-ethyl adjacent to an activating group) is 1. The lowest BCUT2D eigenvalue weighted by Gasteiger charge is -2.29. The zero-order chi connectivity index (χ0) is 12.3. The van der Waals surface area contributed by atoms with E-state index in [1.54, 1.807) is 12.4 Å². The number of carbonyl (C=O) groups is 1. The van der Waals surface area contributed by atoms with Gasteiger partial charge in [-0.1, -0.05) is 6.92 Å². The standard InChI is InChI=1S/C12H20N4O/c1-3-11-9-15(2)5-4-6-16(11)12(17)10-7-13-14-8-10/h7-8,11H,3-6,9H2,1-2H3,(H,13,14). The Kier molecular flexibility index (Phi) is 3.78. The van der Waals surface area contributed by atoms with Gasteiger partial charge in [-0.25, -0.2) is 0 Å². The first-order chi connectivity index (χ1) is 8.22. The van der Waals surface area contributed by atoms with Gasteiger partial charge in [-0.05, 0) is 26.4 Å². The summed E-state index contributed by atoms with van der Waals surface area (Å²) in [7, 11) is 2.12. The lowest BCUT2D eigenvalue weighted by molar-refractivity contribution is 0.0676. The van der Waals surface area contributed by atoms with E-state index in [2.05, 4.69) is 29.1 Å². The van der Waals surface area contributed by atoms with Crippen LogP contribution in [0.4, 0.5) is 0 Å². The number of nitrogens with one attached hydrogen (secondary N) is 1. The molecule has 0 bridgehead atoms. The van der Waals surface area contributed by atoms with Crippen molar-refractivity contribution < 1.29 is 4.79 Å². The Hall–Kier alpha value is -1.36. The molecule has 1 fully saturated rings. The Balaban J connectivity index is 2.14. The fraction of sp³-hybridized carbons (Fsp3) is 0.667. The summed E-state index contributed by atoms with van der Waals surface area (Å²) in [5, 5.41) is 6.54. The fourth-order valence-corrected chi connectivity index (χ4v) is 2.39. The quantitative estimate of drug-likeness (QED) is 0.832. The van der Waals surface area contributed by atoms with Crippen LogP contribution < -0.4 is 0 Å². The van der Waals surface area contributed by atoms with Gasteiger partial charge < -0.3 is 9.80 Å². The van der Waals surface area contributed by atoms with Crippen LogP contribution in [0.15, 0.2) is 12.4 Å². The number of nitrogens with zero attached hydrogens (tertiary/aromatic N) is 3. The van der Waals surface area contributed by atoms with Crippen molar-refractivity contribution in [3.8, 4) is 0 Å². The Morgan fingerprint density at radius 3 is 3.06 bits per heavy atom. The van der Waals surface area contributed by atoms with E-state index in [0.29, 0.717) is 11.6 Å². The van der Waals surface area contributed by atoms with Crippen LogP contribution in [0.5, 0.6) is 0 Å². The second-order valence-corrected chi connectivity index (χ2v) is 4.66. The highest BCUT2D eigenvalue weighted by Gasteiger charge is 2.27. The normalized spacial score (nSPS) is 22.5. The molecular weight excluding hydrogens is 216 g/mol. The van der Waals surface area contributed by atoms with Gasteiger partial charge in [-0.2, -0.15) is 5.10 Å². The summed E-state index contributed by atoms with van der Waals surface area (Å²) < 4.78 is 0. The second kappa shape index (κ2) is 5.31. The Morgan fingerprint density at radius 2 is 2.41 bits per heavy atom. The predicted molar refractivity (Wildman–Crippen MR) is 65.8 cm³/mol. The summed E-state index contributed by atoms with van der Waals surface area (Å²) in [6.07, 6.45) is 5.30. The minimum Gasteiger partial charge on any atom is -0.334 e. The predicted octanol–water partition coefficient (Wildman–Crippen LogP) is 0.966. The second-order valence-electron chi connectivity index (χ2n) is 4.66. The van der Waals surface area contributed by atoms with Crippen LogP contribution in [0.1, 0.15) is 30.1 Å². The number of carbonyl (C=O) groups excluding carboxylic acids is 1. The highest BCUT2D eigenvalue weighted by atomic mass is 16.2. The lowest BCUT2D eigenvalue weighted by Crippen LogP contribution is -2.43. The molecule has 0 aliphatic carbocycles. The van der Waals surface area contributed by atoms with Crippen molar-refractivity contribution >= 4 is 5.91 Å². The van der Waals surface area contributed by atoms with E-state index in [-0.39, 0.29) is 5.91 Å². The molecule has 0 saturated carbocycles. The van der Waals surface area contributed by atoms with Gasteiger partial charge >= 0.3 is 0 Å². The van der Waals surface area contributed by atoms with Crippen molar-refractivity contribution in [1.29, 1.82) is 0 Å². The zero-order valence-electron chi connectivity index (χ0n) is 10.5. The number of aromatic amines is 1. The average molecular weight is 236 g/mol. The van der Waals surface area contributed by atoms with Crippen LogP contribution >= 0.6 is 0 Å². The first-order valence-corrected chi connectivity index (χ1v) is 6.20. The SMILES string of the molecule is CCC1CN(C)CCCN1C(=O)c1cn[nH]c1. The first-order valence-electron chi connectivity index (χ1n) is 6.20. The molecule has 1 amide bonds. The maximum atomic E-state index is 12.3. The molecule has 1 N–H and O–H groups in total. The average Bonchev–Trinajstić information content (AvgIpc) is 2.78. The number of amides is 1. The fourth-order valence-electron chi connectivity index (χ4n) is 2.39. The molecule has 5 heteroatoms. The highest BCUT2D eigenvalue weighted by Crippen LogP contribution is 2.15. The van der Waals surface area contributed by atoms with Crippen LogP contribution in [0.2, 0.25) is 0 Å². The van der Waals surface area contributed by atoms with Gasteiger partial charge in [0.25, 0.3) is 5.91 Å². The van der Waals surface area contributed by atoms with Gasteiger partial charge in [0, 0.05) is 25.3 Å². The molecule has 1 saturated heterocycles. The minimum absolute atomic E-state index is 0.0981. The van der Waals surface area contributed by atoms with Crippen molar-refractivity contribution in [3.63, 3.8) is 0 Å². The van der Waals surface area contributed by atoms with E-state index in [9.17, 15) is 4.79 Å². The van der Waals surface area contributed by atoms with E-state index < -0.39 is 0 Å². The third-order valence-electron chi connectivity index (χ3n) is 3.38. The van der Waals surface area contributed by atoms with Crippen LogP contribution in [-0.2, 0) is 0 Å². The Labute approximate surface area is 102 Å². The number of H-pyrrole nitrogens is 1. The summed E-state index contributed by atoms with van der Waals surface area (Å²) in [4.78, 5) is 16.6. The zero-order valence-corrected chi connectivity index (χ0v) is 10.5. The molecule has 2 heterocycles. The molecule has 1 aromatic rings. The van der Waals surface area contributed by atoms with Crippen LogP contribution in [0, 0.1) is 0 Å². The van der Waals surface area contributed by atoms with Crippen molar-refractivity contribution in [2.45, 2.75) is 25.8 Å². The summed E-state index contributed by atoms with van der Waals surface area (Å²) in [5.74, 6) is 0.0981. The summed E-state index contributed by atoms with van der Waals surface area (Å²) >= 11 is 0. The monoisotopic (exact) mass is 236 g/mol. The topological polar surface area (TPSA) is 52.2 Å². The van der Waals surface area contributed by atoms with Crippen molar-refractivity contribution in [3.05, 3.63) is 18.0 Å². The van der Waals surface area contributed by atoms with Gasteiger partial charge in [0.15, 0.2) is 0 Å².